The van der Waals surface area contributed by atoms with E-state index in [1.54, 1.807) is 6.92 Å². The fourth-order valence-corrected chi connectivity index (χ4v) is 1.64. The number of hydrogen-bond acceptors (Lipinski definition) is 2. The predicted octanol–water partition coefficient (Wildman–Crippen LogP) is 4.80. The first-order chi connectivity index (χ1) is 8.68. The minimum atomic E-state index is -0.266. The molecule has 2 heteroatoms. The van der Waals surface area contributed by atoms with Gasteiger partial charge in [-0.3, -0.25) is 0 Å². The van der Waals surface area contributed by atoms with Gasteiger partial charge in [-0.1, -0.05) is 51.3 Å². The molecule has 104 valence electrons. The summed E-state index contributed by atoms with van der Waals surface area (Å²) in [5.74, 6) is -0.266. The Morgan fingerprint density at radius 3 is 2.28 bits per heavy atom. The van der Waals surface area contributed by atoms with Crippen molar-refractivity contribution in [1.82, 2.24) is 0 Å². The standard InChI is InChI=1S/C16H28O2/c1-4-5-6-7-8-9-10-11-12-13-14-18-16(17)15(2)3/h5-6H,2,4,7-14H2,1,3H3/b6-5+. The van der Waals surface area contributed by atoms with Crippen LogP contribution in [0.4, 0.5) is 0 Å². The molecule has 0 aromatic heterocycles. The topological polar surface area (TPSA) is 26.3 Å². The first-order valence-corrected chi connectivity index (χ1v) is 7.16. The van der Waals surface area contributed by atoms with Gasteiger partial charge in [-0.15, -0.1) is 0 Å². The van der Waals surface area contributed by atoms with Crippen molar-refractivity contribution in [2.75, 3.05) is 6.61 Å². The Bertz CT molecular complexity index is 254. The van der Waals surface area contributed by atoms with Crippen molar-refractivity contribution in [3.05, 3.63) is 24.3 Å². The van der Waals surface area contributed by atoms with Gasteiger partial charge in [0.15, 0.2) is 0 Å². The van der Waals surface area contributed by atoms with Crippen LogP contribution in [-0.2, 0) is 9.53 Å². The van der Waals surface area contributed by atoms with Gasteiger partial charge in [0.1, 0.15) is 0 Å². The molecule has 2 nitrogen and oxygen atoms in total. The number of allylic oxidation sites excluding steroid dienone is 2. The second-order valence-electron chi connectivity index (χ2n) is 4.71. The summed E-state index contributed by atoms with van der Waals surface area (Å²) in [5, 5.41) is 0. The van der Waals surface area contributed by atoms with E-state index >= 15 is 0 Å². The molecule has 0 rings (SSSR count). The second-order valence-corrected chi connectivity index (χ2v) is 4.71. The van der Waals surface area contributed by atoms with E-state index in [-0.39, 0.29) is 5.97 Å². The van der Waals surface area contributed by atoms with Crippen LogP contribution in [0, 0.1) is 0 Å². The van der Waals surface area contributed by atoms with Gasteiger partial charge < -0.3 is 4.74 Å². The molecule has 0 saturated heterocycles. The maximum absolute atomic E-state index is 11.1. The number of hydrogen-bond donors (Lipinski definition) is 0. The van der Waals surface area contributed by atoms with Gasteiger partial charge in [0.05, 0.1) is 6.61 Å². The largest absolute Gasteiger partial charge is 0.462 e. The molecule has 0 aromatic carbocycles. The smallest absolute Gasteiger partial charge is 0.333 e. The molecular formula is C16H28O2. The van der Waals surface area contributed by atoms with Gasteiger partial charge >= 0.3 is 5.97 Å². The average molecular weight is 252 g/mol. The van der Waals surface area contributed by atoms with E-state index in [2.05, 4.69) is 25.7 Å². The van der Waals surface area contributed by atoms with Crippen molar-refractivity contribution in [3.8, 4) is 0 Å². The van der Waals surface area contributed by atoms with E-state index in [4.69, 9.17) is 4.74 Å². The van der Waals surface area contributed by atoms with Crippen LogP contribution >= 0.6 is 0 Å². The average Bonchev–Trinajstić information content (AvgIpc) is 2.35. The molecule has 0 amide bonds. The van der Waals surface area contributed by atoms with Gasteiger partial charge in [0, 0.05) is 5.57 Å². The van der Waals surface area contributed by atoms with Gasteiger partial charge in [0.2, 0.25) is 0 Å². The lowest BCUT2D eigenvalue weighted by atomic mass is 10.1. The Balaban J connectivity index is 3.14. The summed E-state index contributed by atoms with van der Waals surface area (Å²) in [6, 6.07) is 0. The first-order valence-electron chi connectivity index (χ1n) is 7.16. The van der Waals surface area contributed by atoms with Crippen LogP contribution in [0.5, 0.6) is 0 Å². The van der Waals surface area contributed by atoms with Crippen molar-refractivity contribution < 1.29 is 9.53 Å². The highest BCUT2D eigenvalue weighted by Crippen LogP contribution is 2.08. The normalized spacial score (nSPS) is 10.8. The second kappa shape index (κ2) is 12.4. The molecule has 0 aliphatic rings. The number of carbonyl (C=O) groups is 1. The Kier molecular flexibility index (Phi) is 11.7. The Morgan fingerprint density at radius 2 is 1.67 bits per heavy atom. The van der Waals surface area contributed by atoms with E-state index in [1.807, 2.05) is 0 Å². The molecule has 0 aliphatic heterocycles. The van der Waals surface area contributed by atoms with Crippen LogP contribution in [0.1, 0.15) is 65.2 Å². The Labute approximate surface area is 112 Å². The molecule has 0 spiro atoms. The molecular weight excluding hydrogens is 224 g/mol. The monoisotopic (exact) mass is 252 g/mol. The lowest BCUT2D eigenvalue weighted by Crippen LogP contribution is -2.05. The number of ether oxygens (including phenoxy) is 1. The molecule has 0 aliphatic carbocycles. The molecule has 18 heavy (non-hydrogen) atoms. The summed E-state index contributed by atoms with van der Waals surface area (Å²) < 4.78 is 5.03. The fourth-order valence-electron chi connectivity index (χ4n) is 1.64. The zero-order chi connectivity index (χ0) is 13.6. The summed E-state index contributed by atoms with van der Waals surface area (Å²) in [6.45, 7) is 7.92. The Morgan fingerprint density at radius 1 is 1.06 bits per heavy atom. The molecule has 0 saturated carbocycles. The predicted molar refractivity (Wildman–Crippen MR) is 77.5 cm³/mol. The van der Waals surface area contributed by atoms with Gasteiger partial charge in [-0.25, -0.2) is 4.79 Å². The summed E-state index contributed by atoms with van der Waals surface area (Å²) in [6.07, 6.45) is 14.1. The lowest BCUT2D eigenvalue weighted by molar-refractivity contribution is -0.139. The number of unbranched alkanes of at least 4 members (excludes halogenated alkanes) is 6. The van der Waals surface area contributed by atoms with E-state index in [1.165, 1.54) is 32.1 Å². The highest BCUT2D eigenvalue weighted by molar-refractivity contribution is 5.86. The maximum Gasteiger partial charge on any atom is 0.333 e. The van der Waals surface area contributed by atoms with Crippen molar-refractivity contribution >= 4 is 5.97 Å². The minimum Gasteiger partial charge on any atom is -0.462 e. The van der Waals surface area contributed by atoms with Gasteiger partial charge in [0.25, 0.3) is 0 Å². The van der Waals surface area contributed by atoms with Crippen LogP contribution in [-0.4, -0.2) is 12.6 Å². The van der Waals surface area contributed by atoms with Gasteiger partial charge in [-0.2, -0.15) is 0 Å². The third-order valence-corrected chi connectivity index (χ3v) is 2.75. The van der Waals surface area contributed by atoms with Crippen LogP contribution in [0.3, 0.4) is 0 Å². The first kappa shape index (κ1) is 16.9. The van der Waals surface area contributed by atoms with Crippen molar-refractivity contribution in [3.63, 3.8) is 0 Å². The summed E-state index contributed by atoms with van der Waals surface area (Å²) in [4.78, 5) is 11.1. The van der Waals surface area contributed by atoms with E-state index < -0.39 is 0 Å². The lowest BCUT2D eigenvalue weighted by Gasteiger charge is -2.04. The summed E-state index contributed by atoms with van der Waals surface area (Å²) in [5.41, 5.74) is 0.482. The molecule has 0 aromatic rings. The SMILES string of the molecule is C=C(C)C(=O)OCCCCCCCC/C=C/CC. The third kappa shape index (κ3) is 11.4. The van der Waals surface area contributed by atoms with Gasteiger partial charge in [-0.05, 0) is 32.6 Å². The summed E-state index contributed by atoms with van der Waals surface area (Å²) in [7, 11) is 0. The quantitative estimate of drug-likeness (QED) is 0.228. The molecule has 0 atom stereocenters. The van der Waals surface area contributed by atoms with Crippen LogP contribution in [0.25, 0.3) is 0 Å². The van der Waals surface area contributed by atoms with E-state index in [9.17, 15) is 4.79 Å². The zero-order valence-corrected chi connectivity index (χ0v) is 12.0. The molecule has 0 unspecified atom stereocenters. The Hall–Kier alpha value is -1.05. The van der Waals surface area contributed by atoms with E-state index in [0.29, 0.717) is 12.2 Å². The van der Waals surface area contributed by atoms with Crippen LogP contribution in [0.2, 0.25) is 0 Å². The van der Waals surface area contributed by atoms with Crippen molar-refractivity contribution in [2.45, 2.75) is 65.2 Å². The molecule has 0 fully saturated rings. The molecule has 0 radical (unpaired) electrons. The molecule has 0 bridgehead atoms. The zero-order valence-electron chi connectivity index (χ0n) is 12.0. The van der Waals surface area contributed by atoms with Crippen molar-refractivity contribution in [1.29, 1.82) is 0 Å². The highest BCUT2D eigenvalue weighted by Gasteiger charge is 2.01. The minimum absolute atomic E-state index is 0.266. The molecule has 0 N–H and O–H groups in total. The van der Waals surface area contributed by atoms with E-state index in [0.717, 1.165) is 19.3 Å². The highest BCUT2D eigenvalue weighted by atomic mass is 16.5. The third-order valence-electron chi connectivity index (χ3n) is 2.75. The fraction of sp³-hybridized carbons (Fsp3) is 0.688. The van der Waals surface area contributed by atoms with Crippen LogP contribution in [0.15, 0.2) is 24.3 Å². The number of esters is 1. The number of rotatable bonds is 11. The molecule has 0 heterocycles. The number of carbonyl (C=O) groups excluding carboxylic acids is 1. The maximum atomic E-state index is 11.1. The van der Waals surface area contributed by atoms with Crippen molar-refractivity contribution in [2.24, 2.45) is 0 Å². The summed E-state index contributed by atoms with van der Waals surface area (Å²) >= 11 is 0. The van der Waals surface area contributed by atoms with Crippen LogP contribution < -0.4 is 0 Å².